The summed E-state index contributed by atoms with van der Waals surface area (Å²) >= 11 is 0. The first kappa shape index (κ1) is 19.8. The van der Waals surface area contributed by atoms with Crippen molar-refractivity contribution in [1.82, 2.24) is 10.2 Å². The average Bonchev–Trinajstić information content (AvgIpc) is 3.04. The normalized spacial score (nSPS) is 25.1. The predicted octanol–water partition coefficient (Wildman–Crippen LogP) is 4.84. The molecule has 6 rings (SSSR count). The van der Waals surface area contributed by atoms with E-state index >= 15 is 0 Å². The van der Waals surface area contributed by atoms with Gasteiger partial charge in [0, 0.05) is 24.1 Å². The lowest BCUT2D eigenvalue weighted by atomic mass is 9.65. The molecule has 0 fully saturated rings. The summed E-state index contributed by atoms with van der Waals surface area (Å²) in [7, 11) is 0. The highest BCUT2D eigenvalue weighted by atomic mass is 16.2. The van der Waals surface area contributed by atoms with Gasteiger partial charge in [0.15, 0.2) is 0 Å². The van der Waals surface area contributed by atoms with Crippen LogP contribution >= 0.6 is 0 Å². The standard InChI is InChI=1S/C27H28N2O2/c1-4-12-29-25(30)15-21-13-20-14-24(27(21,29)16-17(20)2)26(31)28-18(3)22-11-7-9-19-8-5-6-10-23(19)22/h5-11,14-16,18,20H,4,12-13H2,1-3H3,(H,28,31)/t18-,20+,27?/m1/s1. The summed E-state index contributed by atoms with van der Waals surface area (Å²) in [4.78, 5) is 28.4. The maximum Gasteiger partial charge on any atom is 0.250 e. The smallest absolute Gasteiger partial charge is 0.250 e. The summed E-state index contributed by atoms with van der Waals surface area (Å²) < 4.78 is 0. The van der Waals surface area contributed by atoms with Crippen molar-refractivity contribution in [3.8, 4) is 0 Å². The third-order valence-corrected chi connectivity index (χ3v) is 7.05. The summed E-state index contributed by atoms with van der Waals surface area (Å²) in [6, 6.07) is 14.3. The van der Waals surface area contributed by atoms with E-state index in [1.165, 1.54) is 5.57 Å². The lowest BCUT2D eigenvalue weighted by molar-refractivity contribution is -0.127. The number of nitrogens with one attached hydrogen (secondary N) is 1. The van der Waals surface area contributed by atoms with Gasteiger partial charge in [-0.2, -0.15) is 0 Å². The maximum atomic E-state index is 13.6. The minimum atomic E-state index is -0.714. The van der Waals surface area contributed by atoms with Crippen molar-refractivity contribution in [2.24, 2.45) is 5.92 Å². The molecular weight excluding hydrogens is 384 g/mol. The van der Waals surface area contributed by atoms with Gasteiger partial charge in [0.2, 0.25) is 11.8 Å². The van der Waals surface area contributed by atoms with Crippen LogP contribution in [0.25, 0.3) is 10.8 Å². The molecule has 1 aliphatic heterocycles. The van der Waals surface area contributed by atoms with E-state index in [1.807, 2.05) is 30.0 Å². The minimum absolute atomic E-state index is 0.0178. The first-order valence-electron chi connectivity index (χ1n) is 11.2. The Labute approximate surface area is 183 Å². The van der Waals surface area contributed by atoms with E-state index in [4.69, 9.17) is 0 Å². The molecule has 0 saturated heterocycles. The maximum absolute atomic E-state index is 13.6. The highest BCUT2D eigenvalue weighted by Crippen LogP contribution is 2.52. The van der Waals surface area contributed by atoms with E-state index in [1.54, 1.807) is 6.08 Å². The fraction of sp³-hybridized carbons (Fsp3) is 0.333. The van der Waals surface area contributed by atoms with Crippen molar-refractivity contribution < 1.29 is 9.59 Å². The van der Waals surface area contributed by atoms with Crippen molar-refractivity contribution >= 4 is 22.6 Å². The number of amides is 2. The molecule has 1 N–H and O–H groups in total. The average molecular weight is 413 g/mol. The molecule has 0 saturated carbocycles. The van der Waals surface area contributed by atoms with Crippen molar-refractivity contribution in [2.75, 3.05) is 6.54 Å². The Bertz CT molecular complexity index is 1180. The van der Waals surface area contributed by atoms with E-state index < -0.39 is 5.54 Å². The summed E-state index contributed by atoms with van der Waals surface area (Å²) in [5.41, 5.74) is 3.39. The Balaban J connectivity index is 1.50. The van der Waals surface area contributed by atoms with Crippen LogP contribution in [-0.4, -0.2) is 28.8 Å². The van der Waals surface area contributed by atoms with Crippen molar-refractivity contribution in [1.29, 1.82) is 0 Å². The predicted molar refractivity (Wildman–Crippen MR) is 123 cm³/mol. The van der Waals surface area contributed by atoms with Crippen molar-refractivity contribution in [3.05, 3.63) is 83.0 Å². The van der Waals surface area contributed by atoms with E-state index in [0.717, 1.165) is 34.8 Å². The number of benzene rings is 2. The van der Waals surface area contributed by atoms with Crippen LogP contribution in [0.3, 0.4) is 0 Å². The number of allylic oxidation sites excluding steroid dienone is 2. The summed E-state index contributed by atoms with van der Waals surface area (Å²) in [6.45, 7) is 6.84. The number of nitrogens with zero attached hydrogens (tertiary/aromatic N) is 1. The molecule has 0 aromatic heterocycles. The Morgan fingerprint density at radius 2 is 2.00 bits per heavy atom. The minimum Gasteiger partial charge on any atom is -0.346 e. The first-order chi connectivity index (χ1) is 15.0. The van der Waals surface area contributed by atoms with Crippen LogP contribution in [0.5, 0.6) is 0 Å². The molecule has 0 radical (unpaired) electrons. The number of carbonyl (C=O) groups excluding carboxylic acids is 2. The van der Waals surface area contributed by atoms with Gasteiger partial charge in [-0.3, -0.25) is 9.59 Å². The Hall–Kier alpha value is -3.14. The largest absolute Gasteiger partial charge is 0.346 e. The molecule has 2 amide bonds. The molecule has 1 spiro atoms. The van der Waals surface area contributed by atoms with Crippen LogP contribution in [0.4, 0.5) is 0 Å². The number of hydrogen-bond donors (Lipinski definition) is 1. The Kier molecular flexibility index (Phi) is 4.62. The molecule has 3 aliphatic carbocycles. The molecule has 3 atom stereocenters. The molecule has 1 heterocycles. The van der Waals surface area contributed by atoms with Crippen LogP contribution in [0.1, 0.15) is 45.2 Å². The molecule has 4 aliphatic rings. The van der Waals surface area contributed by atoms with Crippen LogP contribution in [0, 0.1) is 5.92 Å². The SMILES string of the molecule is CCCN1C(=O)C=C2C[C@H]3C=C(C(=O)N[C@H](C)c4cccc5ccccc45)C21C=C3C. The van der Waals surface area contributed by atoms with Crippen LogP contribution in [-0.2, 0) is 9.59 Å². The zero-order chi connectivity index (χ0) is 21.8. The van der Waals surface area contributed by atoms with Gasteiger partial charge >= 0.3 is 0 Å². The van der Waals surface area contributed by atoms with E-state index in [-0.39, 0.29) is 23.8 Å². The zero-order valence-electron chi connectivity index (χ0n) is 18.3. The quantitative estimate of drug-likeness (QED) is 0.715. The number of hydrogen-bond acceptors (Lipinski definition) is 2. The summed E-state index contributed by atoms with van der Waals surface area (Å²) in [5, 5.41) is 5.55. The van der Waals surface area contributed by atoms with Crippen LogP contribution in [0.15, 0.2) is 77.4 Å². The number of fused-ring (bicyclic) bond motifs is 1. The third-order valence-electron chi connectivity index (χ3n) is 7.05. The lowest BCUT2D eigenvalue weighted by Crippen LogP contribution is -2.56. The van der Waals surface area contributed by atoms with Crippen LogP contribution < -0.4 is 5.32 Å². The second-order valence-corrected chi connectivity index (χ2v) is 8.97. The third kappa shape index (κ3) is 2.88. The Morgan fingerprint density at radius 1 is 1.23 bits per heavy atom. The van der Waals surface area contributed by atoms with Crippen LogP contribution in [0.2, 0.25) is 0 Å². The van der Waals surface area contributed by atoms with Gasteiger partial charge in [0.05, 0.1) is 6.04 Å². The molecule has 4 heteroatoms. The van der Waals surface area contributed by atoms with Gasteiger partial charge in [-0.25, -0.2) is 0 Å². The molecule has 4 nitrogen and oxygen atoms in total. The molecule has 2 aromatic carbocycles. The molecular formula is C27H28N2O2. The monoisotopic (exact) mass is 412 g/mol. The van der Waals surface area contributed by atoms with Gasteiger partial charge in [-0.1, -0.05) is 67.1 Å². The van der Waals surface area contributed by atoms with Crippen molar-refractivity contribution in [3.63, 3.8) is 0 Å². The number of rotatable bonds is 5. The topological polar surface area (TPSA) is 49.4 Å². The van der Waals surface area contributed by atoms with E-state index in [0.29, 0.717) is 12.1 Å². The highest BCUT2D eigenvalue weighted by molar-refractivity contribution is 6.04. The van der Waals surface area contributed by atoms with E-state index in [2.05, 4.69) is 55.6 Å². The van der Waals surface area contributed by atoms with Gasteiger partial charge in [0.1, 0.15) is 5.54 Å². The molecule has 2 bridgehead atoms. The summed E-state index contributed by atoms with van der Waals surface area (Å²) in [5.74, 6) is 0.121. The second kappa shape index (κ2) is 7.23. The summed E-state index contributed by atoms with van der Waals surface area (Å²) in [6.07, 6.45) is 7.69. The van der Waals surface area contributed by atoms with Gasteiger partial charge < -0.3 is 10.2 Å². The number of carbonyl (C=O) groups is 2. The van der Waals surface area contributed by atoms with Gasteiger partial charge in [0.25, 0.3) is 0 Å². The zero-order valence-corrected chi connectivity index (χ0v) is 18.3. The first-order valence-corrected chi connectivity index (χ1v) is 11.2. The highest BCUT2D eigenvalue weighted by Gasteiger charge is 2.55. The molecule has 2 aromatic rings. The fourth-order valence-corrected chi connectivity index (χ4v) is 5.56. The molecule has 31 heavy (non-hydrogen) atoms. The second-order valence-electron chi connectivity index (χ2n) is 8.97. The molecule has 158 valence electrons. The lowest BCUT2D eigenvalue weighted by Gasteiger charge is -2.48. The van der Waals surface area contributed by atoms with E-state index in [9.17, 15) is 9.59 Å². The Morgan fingerprint density at radius 3 is 2.81 bits per heavy atom. The fourth-order valence-electron chi connectivity index (χ4n) is 5.56. The van der Waals surface area contributed by atoms with Gasteiger partial charge in [-0.15, -0.1) is 0 Å². The van der Waals surface area contributed by atoms with Gasteiger partial charge in [-0.05, 0) is 48.6 Å². The van der Waals surface area contributed by atoms with Crippen molar-refractivity contribution in [2.45, 2.75) is 45.2 Å². The molecule has 1 unspecified atom stereocenters.